The van der Waals surface area contributed by atoms with Crippen LogP contribution in [-0.4, -0.2) is 19.8 Å². The lowest BCUT2D eigenvalue weighted by atomic mass is 10.1. The van der Waals surface area contributed by atoms with E-state index in [1.165, 1.54) is 31.2 Å². The Balaban J connectivity index is 1.98. The molecular weight excluding hydrogens is 250 g/mol. The van der Waals surface area contributed by atoms with Gasteiger partial charge in [0.25, 0.3) is 0 Å². The summed E-state index contributed by atoms with van der Waals surface area (Å²) < 4.78 is 11.7. The van der Waals surface area contributed by atoms with Gasteiger partial charge in [0.15, 0.2) is 11.5 Å². The second kappa shape index (κ2) is 8.15. The predicted molar refractivity (Wildman–Crippen MR) is 82.4 cm³/mol. The van der Waals surface area contributed by atoms with E-state index in [1.54, 1.807) is 0 Å². The van der Waals surface area contributed by atoms with Crippen molar-refractivity contribution in [1.82, 2.24) is 5.32 Å². The molecule has 0 bridgehead atoms. The second-order valence-corrected chi connectivity index (χ2v) is 5.46. The van der Waals surface area contributed by atoms with Crippen molar-refractivity contribution < 1.29 is 9.47 Å². The fourth-order valence-corrected chi connectivity index (χ4v) is 2.70. The van der Waals surface area contributed by atoms with Crippen molar-refractivity contribution in [1.29, 1.82) is 0 Å². The molecule has 3 nitrogen and oxygen atoms in total. The zero-order valence-electron chi connectivity index (χ0n) is 12.8. The number of ether oxygens (including phenoxy) is 2. The average Bonchev–Trinajstić information content (AvgIpc) is 2.98. The van der Waals surface area contributed by atoms with Gasteiger partial charge in [0.2, 0.25) is 0 Å². The van der Waals surface area contributed by atoms with Crippen molar-refractivity contribution >= 4 is 0 Å². The molecular formula is C17H27NO2. The minimum Gasteiger partial charge on any atom is -0.490 e. The minimum atomic E-state index is 0.671. The third-order valence-electron chi connectivity index (χ3n) is 3.84. The fourth-order valence-electron chi connectivity index (χ4n) is 2.70. The third kappa shape index (κ3) is 4.41. The van der Waals surface area contributed by atoms with Crippen LogP contribution in [0.15, 0.2) is 18.2 Å². The SMILES string of the molecule is CCNCc1ccc(OCC2CCCC2)c(OCC)c1. The van der Waals surface area contributed by atoms with Gasteiger partial charge in [-0.05, 0) is 49.9 Å². The smallest absolute Gasteiger partial charge is 0.161 e. The zero-order valence-corrected chi connectivity index (χ0v) is 12.8. The van der Waals surface area contributed by atoms with Crippen LogP contribution < -0.4 is 14.8 Å². The second-order valence-electron chi connectivity index (χ2n) is 5.46. The quantitative estimate of drug-likeness (QED) is 0.784. The van der Waals surface area contributed by atoms with E-state index in [2.05, 4.69) is 24.4 Å². The molecule has 1 N–H and O–H groups in total. The molecule has 0 heterocycles. The lowest BCUT2D eigenvalue weighted by Crippen LogP contribution is -2.12. The molecule has 1 aromatic carbocycles. The van der Waals surface area contributed by atoms with Crippen molar-refractivity contribution in [2.75, 3.05) is 19.8 Å². The number of hydrogen-bond donors (Lipinski definition) is 1. The number of nitrogens with one attached hydrogen (secondary N) is 1. The first-order valence-corrected chi connectivity index (χ1v) is 7.92. The Morgan fingerprint density at radius 3 is 2.60 bits per heavy atom. The molecule has 112 valence electrons. The van der Waals surface area contributed by atoms with Crippen molar-refractivity contribution in [3.63, 3.8) is 0 Å². The molecule has 0 radical (unpaired) electrons. The van der Waals surface area contributed by atoms with Gasteiger partial charge in [0.1, 0.15) is 0 Å². The Hall–Kier alpha value is -1.22. The van der Waals surface area contributed by atoms with Gasteiger partial charge in [-0.1, -0.05) is 25.8 Å². The molecule has 1 aromatic rings. The monoisotopic (exact) mass is 277 g/mol. The molecule has 0 aromatic heterocycles. The largest absolute Gasteiger partial charge is 0.490 e. The lowest BCUT2D eigenvalue weighted by molar-refractivity contribution is 0.234. The van der Waals surface area contributed by atoms with E-state index in [4.69, 9.17) is 9.47 Å². The highest BCUT2D eigenvalue weighted by Crippen LogP contribution is 2.31. The lowest BCUT2D eigenvalue weighted by Gasteiger charge is -2.16. The first kappa shape index (κ1) is 15.2. The summed E-state index contributed by atoms with van der Waals surface area (Å²) in [5, 5.41) is 3.33. The van der Waals surface area contributed by atoms with E-state index in [-0.39, 0.29) is 0 Å². The van der Waals surface area contributed by atoms with Crippen LogP contribution in [0.2, 0.25) is 0 Å². The summed E-state index contributed by atoms with van der Waals surface area (Å²) in [4.78, 5) is 0. The van der Waals surface area contributed by atoms with E-state index in [0.717, 1.165) is 37.1 Å². The molecule has 1 saturated carbocycles. The molecule has 0 aliphatic heterocycles. The Morgan fingerprint density at radius 2 is 1.90 bits per heavy atom. The van der Waals surface area contributed by atoms with Crippen LogP contribution in [0.5, 0.6) is 11.5 Å². The van der Waals surface area contributed by atoms with Crippen LogP contribution in [0.25, 0.3) is 0 Å². The summed E-state index contributed by atoms with van der Waals surface area (Å²) in [5.41, 5.74) is 1.24. The Bertz CT molecular complexity index is 400. The van der Waals surface area contributed by atoms with Crippen LogP contribution in [0.1, 0.15) is 45.1 Å². The maximum atomic E-state index is 5.99. The summed E-state index contributed by atoms with van der Waals surface area (Å²) in [7, 11) is 0. The van der Waals surface area contributed by atoms with Gasteiger partial charge in [-0.15, -0.1) is 0 Å². The number of hydrogen-bond acceptors (Lipinski definition) is 3. The third-order valence-corrected chi connectivity index (χ3v) is 3.84. The standard InChI is InChI=1S/C17H27NO2/c1-3-18-12-15-9-10-16(17(11-15)19-4-2)20-13-14-7-5-6-8-14/h9-11,14,18H,3-8,12-13H2,1-2H3. The van der Waals surface area contributed by atoms with Crippen LogP contribution >= 0.6 is 0 Å². The average molecular weight is 277 g/mol. The molecule has 1 fully saturated rings. The normalized spacial score (nSPS) is 15.5. The fraction of sp³-hybridized carbons (Fsp3) is 0.647. The van der Waals surface area contributed by atoms with E-state index in [1.807, 2.05) is 13.0 Å². The Labute approximate surface area is 122 Å². The van der Waals surface area contributed by atoms with Crippen molar-refractivity contribution in [3.8, 4) is 11.5 Å². The summed E-state index contributed by atoms with van der Waals surface area (Å²) >= 11 is 0. The summed E-state index contributed by atoms with van der Waals surface area (Å²) in [6.07, 6.45) is 5.33. The number of benzene rings is 1. The molecule has 0 saturated heterocycles. The topological polar surface area (TPSA) is 30.5 Å². The van der Waals surface area contributed by atoms with Gasteiger partial charge >= 0.3 is 0 Å². The van der Waals surface area contributed by atoms with Crippen LogP contribution in [0.3, 0.4) is 0 Å². The summed E-state index contributed by atoms with van der Waals surface area (Å²) in [5.74, 6) is 2.49. The minimum absolute atomic E-state index is 0.671. The van der Waals surface area contributed by atoms with E-state index < -0.39 is 0 Å². The first-order chi connectivity index (χ1) is 9.83. The van der Waals surface area contributed by atoms with Gasteiger partial charge in [0, 0.05) is 6.54 Å². The van der Waals surface area contributed by atoms with Gasteiger partial charge in [0.05, 0.1) is 13.2 Å². The van der Waals surface area contributed by atoms with Crippen LogP contribution in [0, 0.1) is 5.92 Å². The molecule has 0 spiro atoms. The highest BCUT2D eigenvalue weighted by Gasteiger charge is 2.16. The van der Waals surface area contributed by atoms with Gasteiger partial charge in [-0.3, -0.25) is 0 Å². The van der Waals surface area contributed by atoms with E-state index >= 15 is 0 Å². The summed E-state index contributed by atoms with van der Waals surface area (Å²) in [6, 6.07) is 6.26. The Kier molecular flexibility index (Phi) is 6.19. The van der Waals surface area contributed by atoms with Crippen molar-refractivity contribution in [2.24, 2.45) is 5.92 Å². The predicted octanol–water partition coefficient (Wildman–Crippen LogP) is 3.76. The molecule has 2 rings (SSSR count). The highest BCUT2D eigenvalue weighted by molar-refractivity contribution is 5.43. The van der Waals surface area contributed by atoms with Crippen molar-refractivity contribution in [2.45, 2.75) is 46.1 Å². The summed E-state index contributed by atoms with van der Waals surface area (Å²) in [6.45, 7) is 7.47. The van der Waals surface area contributed by atoms with Crippen LogP contribution in [-0.2, 0) is 6.54 Å². The first-order valence-electron chi connectivity index (χ1n) is 7.92. The van der Waals surface area contributed by atoms with Gasteiger partial charge in [-0.2, -0.15) is 0 Å². The highest BCUT2D eigenvalue weighted by atomic mass is 16.5. The maximum absolute atomic E-state index is 5.99. The van der Waals surface area contributed by atoms with Gasteiger partial charge in [-0.25, -0.2) is 0 Å². The van der Waals surface area contributed by atoms with E-state index in [0.29, 0.717) is 6.61 Å². The molecule has 3 heteroatoms. The van der Waals surface area contributed by atoms with E-state index in [9.17, 15) is 0 Å². The van der Waals surface area contributed by atoms with Crippen LogP contribution in [0.4, 0.5) is 0 Å². The number of rotatable bonds is 8. The molecule has 0 unspecified atom stereocenters. The molecule has 1 aliphatic rings. The van der Waals surface area contributed by atoms with Crippen molar-refractivity contribution in [3.05, 3.63) is 23.8 Å². The molecule has 20 heavy (non-hydrogen) atoms. The Morgan fingerprint density at radius 1 is 1.10 bits per heavy atom. The van der Waals surface area contributed by atoms with Gasteiger partial charge < -0.3 is 14.8 Å². The maximum Gasteiger partial charge on any atom is 0.161 e. The molecule has 0 atom stereocenters. The molecule has 1 aliphatic carbocycles. The molecule has 0 amide bonds. The zero-order chi connectivity index (χ0) is 14.2.